The van der Waals surface area contributed by atoms with Crippen molar-refractivity contribution in [2.75, 3.05) is 51.3 Å². The summed E-state index contributed by atoms with van der Waals surface area (Å²) < 4.78 is 9.75. The number of benzene rings is 4. The van der Waals surface area contributed by atoms with E-state index in [2.05, 4.69) is 100 Å². The first-order chi connectivity index (χ1) is 34.5. The van der Waals surface area contributed by atoms with E-state index in [0.717, 1.165) is 114 Å². The minimum absolute atomic E-state index is 0.102. The summed E-state index contributed by atoms with van der Waals surface area (Å²) in [5.41, 5.74) is 13.3. The smallest absolute Gasteiger partial charge is 0.407 e. The van der Waals surface area contributed by atoms with E-state index in [1.54, 1.807) is 23.5 Å². The molecule has 16 heteroatoms. The van der Waals surface area contributed by atoms with Crippen molar-refractivity contribution in [3.63, 3.8) is 0 Å². The van der Waals surface area contributed by atoms with Crippen LogP contribution in [0.4, 0.5) is 9.59 Å². The number of alkyl carbamates (subject to hydrolysis) is 2. The first kappa shape index (κ1) is 50.0. The molecule has 4 bridgehead atoms. The molecule has 2 saturated heterocycles. The number of piperidine rings is 2. The minimum Gasteiger partial charge on any atom is -0.453 e. The van der Waals surface area contributed by atoms with Gasteiger partial charge in [0, 0.05) is 13.1 Å². The van der Waals surface area contributed by atoms with Gasteiger partial charge in [0.2, 0.25) is 11.8 Å². The second-order valence-electron chi connectivity index (χ2n) is 19.2. The van der Waals surface area contributed by atoms with Crippen molar-refractivity contribution in [2.45, 2.75) is 108 Å². The first-order valence-electron chi connectivity index (χ1n) is 25.1. The third kappa shape index (κ3) is 11.1. The van der Waals surface area contributed by atoms with Crippen LogP contribution in [0.25, 0.3) is 44.3 Å². The van der Waals surface area contributed by atoms with E-state index < -0.39 is 24.3 Å². The highest BCUT2D eigenvalue weighted by Gasteiger charge is 2.36. The molecule has 374 valence electrons. The van der Waals surface area contributed by atoms with Gasteiger partial charge in [0.1, 0.15) is 23.7 Å². The number of methoxy groups -OCH3 is 2. The highest BCUT2D eigenvalue weighted by molar-refractivity contribution is 7.98. The Hall–Kier alpha value is -6.00. The van der Waals surface area contributed by atoms with Gasteiger partial charge in [-0.2, -0.15) is 23.5 Å². The lowest BCUT2D eigenvalue weighted by Gasteiger charge is -2.36. The van der Waals surface area contributed by atoms with Gasteiger partial charge in [-0.15, -0.1) is 0 Å². The van der Waals surface area contributed by atoms with Crippen LogP contribution in [0.5, 0.6) is 0 Å². The van der Waals surface area contributed by atoms with Gasteiger partial charge >= 0.3 is 12.2 Å². The van der Waals surface area contributed by atoms with E-state index in [1.807, 2.05) is 22.3 Å². The summed E-state index contributed by atoms with van der Waals surface area (Å²) in [6.07, 6.45) is 11.7. The molecule has 0 radical (unpaired) electrons. The van der Waals surface area contributed by atoms with Crippen LogP contribution in [0.15, 0.2) is 72.8 Å². The Morgan fingerprint density at radius 3 is 1.70 bits per heavy atom. The Bertz CT molecular complexity index is 2900. The van der Waals surface area contributed by atoms with Gasteiger partial charge in [0.15, 0.2) is 0 Å². The average Bonchev–Trinajstić information content (AvgIpc) is 4.04. The third-order valence-electron chi connectivity index (χ3n) is 14.7. The highest BCUT2D eigenvalue weighted by atomic mass is 32.2. The maximum Gasteiger partial charge on any atom is 0.407 e. The van der Waals surface area contributed by atoms with Crippen LogP contribution in [0.3, 0.4) is 0 Å². The highest BCUT2D eigenvalue weighted by Crippen LogP contribution is 2.38. The Morgan fingerprint density at radius 2 is 1.18 bits per heavy atom. The van der Waals surface area contributed by atoms with Crippen molar-refractivity contribution in [3.05, 3.63) is 107 Å². The molecular weight excluding hydrogens is 933 g/mol. The molecular formula is C55H66N8O6S2. The zero-order chi connectivity index (χ0) is 49.6. The van der Waals surface area contributed by atoms with E-state index in [4.69, 9.17) is 19.4 Å². The lowest BCUT2D eigenvalue weighted by molar-refractivity contribution is -0.138. The van der Waals surface area contributed by atoms with Gasteiger partial charge in [-0.1, -0.05) is 55.5 Å². The number of nitrogens with zero attached hydrogens (tertiary/aromatic N) is 4. The quantitative estimate of drug-likeness (QED) is 0.0822. The van der Waals surface area contributed by atoms with Crippen molar-refractivity contribution in [3.8, 4) is 22.3 Å². The predicted molar refractivity (Wildman–Crippen MR) is 284 cm³/mol. The van der Waals surface area contributed by atoms with Crippen LogP contribution in [0.1, 0.15) is 110 Å². The van der Waals surface area contributed by atoms with E-state index in [0.29, 0.717) is 25.9 Å². The zero-order valence-electron chi connectivity index (χ0n) is 41.5. The number of likely N-dealkylation sites (tertiary alicyclic amines) is 2. The Morgan fingerprint density at radius 1 is 0.662 bits per heavy atom. The molecule has 4 aliphatic carbocycles. The maximum atomic E-state index is 14.1. The fourth-order valence-electron chi connectivity index (χ4n) is 10.8. The third-order valence-corrected chi connectivity index (χ3v) is 16.0. The monoisotopic (exact) mass is 998 g/mol. The lowest BCUT2D eigenvalue weighted by atomic mass is 9.84. The number of carbonyl (C=O) groups is 4. The number of fused-ring (bicyclic) bond motifs is 2. The summed E-state index contributed by atoms with van der Waals surface area (Å²) in [7, 11) is 2.64. The summed E-state index contributed by atoms with van der Waals surface area (Å²) in [6.45, 7) is 3.51. The van der Waals surface area contributed by atoms with Gasteiger partial charge in [-0.25, -0.2) is 19.6 Å². The second-order valence-corrected chi connectivity index (χ2v) is 21.2. The Balaban J connectivity index is 0.957. The number of H-pyrrole nitrogens is 2. The van der Waals surface area contributed by atoms with E-state index in [1.165, 1.54) is 47.6 Å². The number of carbonyl (C=O) groups excluding carboxylic acids is 4. The number of amides is 4. The van der Waals surface area contributed by atoms with Gasteiger partial charge in [0.05, 0.1) is 48.4 Å². The number of thioether (sulfide) groups is 2. The molecule has 71 heavy (non-hydrogen) atoms. The number of aromatic amines is 2. The molecule has 0 saturated carbocycles. The molecule has 4 heterocycles. The van der Waals surface area contributed by atoms with E-state index in [-0.39, 0.29) is 29.8 Å². The Kier molecular flexibility index (Phi) is 15.9. The van der Waals surface area contributed by atoms with Crippen LogP contribution in [-0.2, 0) is 38.3 Å². The molecule has 4 aromatic carbocycles. The van der Waals surface area contributed by atoms with Gasteiger partial charge < -0.3 is 39.9 Å². The molecule has 4 amide bonds. The number of nitrogens with one attached hydrogen (secondary N) is 4. The topological polar surface area (TPSA) is 175 Å². The van der Waals surface area contributed by atoms with Crippen molar-refractivity contribution < 1.29 is 28.7 Å². The molecule has 0 spiro atoms. The van der Waals surface area contributed by atoms with Crippen molar-refractivity contribution in [1.29, 1.82) is 0 Å². The number of hydrogen-bond acceptors (Lipinski definition) is 10. The SMILES string of the molecule is COC(=O)N[C@@H](CCSC)C(=O)N1CCCC[C@H]1c1nc2cc(-c3cc4ccc3CCc3ccc(c(-c5ccc6[nH]c([C@@H]7CCCCN7C(=O)[C@H](CCSC)NC(=O)OC)nc6c5)c3)C[C@H]4C)ccc2[nH]1. The van der Waals surface area contributed by atoms with Crippen LogP contribution >= 0.6 is 23.5 Å². The van der Waals surface area contributed by atoms with Crippen LogP contribution < -0.4 is 10.6 Å². The lowest BCUT2D eigenvalue weighted by Crippen LogP contribution is -2.51. The van der Waals surface area contributed by atoms with Crippen LogP contribution in [0, 0.1) is 0 Å². The maximum absolute atomic E-state index is 14.1. The predicted octanol–water partition coefficient (Wildman–Crippen LogP) is 10.3. The fraction of sp³-hybridized carbons (Fsp3) is 0.455. The van der Waals surface area contributed by atoms with Gasteiger partial charge in [0.25, 0.3) is 0 Å². The molecule has 14 nitrogen and oxygen atoms in total. The summed E-state index contributed by atoms with van der Waals surface area (Å²) in [4.78, 5) is 73.9. The van der Waals surface area contributed by atoms with E-state index >= 15 is 0 Å². The summed E-state index contributed by atoms with van der Waals surface area (Å²) in [5.74, 6) is 3.03. The largest absolute Gasteiger partial charge is 0.453 e. The minimum atomic E-state index is -0.669. The standard InChI is InChI=1S/C55H66N8O6S2/c1-33-28-37-15-13-34(29-40(37)38-18-20-42-46(31-38)58-50(56-42)48-10-6-8-24-62(48)52(64)44(22-26-70-4)60-54(66)68-2)12-14-35-16-17-36(33)30-41(35)39-19-21-43-47(32-39)59-51(57-43)49-11-7-9-25-63(49)53(65)45(23-27-71-5)61-55(67)69-3/h13,15-21,29-33,44-45,48-49H,6-12,14,22-28H2,1-5H3,(H,56,58)(H,57,59)(H,60,66)(H,61,67)/t33-,44+,45+,48+,49+/m1/s1. The van der Waals surface area contributed by atoms with Crippen molar-refractivity contribution in [1.82, 2.24) is 40.4 Å². The van der Waals surface area contributed by atoms with Crippen molar-refractivity contribution >= 4 is 69.6 Å². The van der Waals surface area contributed by atoms with Gasteiger partial charge in [-0.3, -0.25) is 9.59 Å². The zero-order valence-corrected chi connectivity index (χ0v) is 43.1. The van der Waals surface area contributed by atoms with Crippen LogP contribution in [0.2, 0.25) is 0 Å². The normalized spacial score (nSPS) is 19.0. The molecule has 2 aromatic heterocycles. The van der Waals surface area contributed by atoms with E-state index in [9.17, 15) is 19.2 Å². The average molecular weight is 999 g/mol. The molecule has 4 N–H and O–H groups in total. The first-order valence-corrected chi connectivity index (χ1v) is 27.9. The van der Waals surface area contributed by atoms with Crippen LogP contribution in [-0.4, -0.2) is 117 Å². The molecule has 2 aliphatic heterocycles. The number of ether oxygens (including phenoxy) is 2. The summed E-state index contributed by atoms with van der Waals surface area (Å²) >= 11 is 3.28. The number of aryl methyl sites for hydroxylation is 2. The molecule has 12 rings (SSSR count). The second kappa shape index (κ2) is 22.6. The fourth-order valence-corrected chi connectivity index (χ4v) is 11.7. The van der Waals surface area contributed by atoms with Gasteiger partial charge in [-0.05, 0) is 169 Å². The summed E-state index contributed by atoms with van der Waals surface area (Å²) in [6, 6.07) is 25.1. The number of hydrogen-bond donors (Lipinski definition) is 4. The molecule has 2 fully saturated rings. The molecule has 5 atom stereocenters. The number of rotatable bonds is 14. The molecule has 0 unspecified atom stereocenters. The summed E-state index contributed by atoms with van der Waals surface area (Å²) in [5, 5.41) is 5.57. The molecule has 6 aliphatic rings. The Labute approximate surface area is 424 Å². The van der Waals surface area contributed by atoms with Crippen molar-refractivity contribution in [2.24, 2.45) is 0 Å². The number of imidazole rings is 2. The number of aromatic nitrogens is 4. The molecule has 6 aromatic rings.